The predicted octanol–water partition coefficient (Wildman–Crippen LogP) is 3.94. The minimum atomic E-state index is -0.329. The zero-order valence-electron chi connectivity index (χ0n) is 16.4. The average molecular weight is 370 g/mol. The lowest BCUT2D eigenvalue weighted by molar-refractivity contribution is 0.0588. The zero-order valence-corrected chi connectivity index (χ0v) is 16.4. The highest BCUT2D eigenvalue weighted by Gasteiger charge is 2.27. The molecule has 0 saturated carbocycles. The maximum absolute atomic E-state index is 12.0. The van der Waals surface area contributed by atoms with Crippen LogP contribution in [0.5, 0.6) is 0 Å². The molecule has 146 valence electrons. The smallest absolute Gasteiger partial charge is 0.341 e. The molecule has 0 amide bonds. The Morgan fingerprint density at radius 3 is 2.85 bits per heavy atom. The lowest BCUT2D eigenvalue weighted by atomic mass is 10.0. The van der Waals surface area contributed by atoms with Gasteiger partial charge in [-0.15, -0.1) is 0 Å². The van der Waals surface area contributed by atoms with E-state index in [4.69, 9.17) is 9.15 Å². The highest BCUT2D eigenvalue weighted by Crippen LogP contribution is 2.22. The Morgan fingerprint density at radius 1 is 1.30 bits per heavy atom. The fourth-order valence-corrected chi connectivity index (χ4v) is 3.93. The SMILES string of the molecule is CCCN(Cc1occc1C(=O)OC)[C@@H]1CCCN(Cc2ccccc2)C1. The number of nitrogens with zero attached hydrogens (tertiary/aromatic N) is 2. The van der Waals surface area contributed by atoms with Gasteiger partial charge in [0.2, 0.25) is 0 Å². The summed E-state index contributed by atoms with van der Waals surface area (Å²) >= 11 is 0. The van der Waals surface area contributed by atoms with E-state index in [2.05, 4.69) is 47.1 Å². The molecule has 0 radical (unpaired) electrons. The molecule has 1 aliphatic heterocycles. The topological polar surface area (TPSA) is 45.9 Å². The van der Waals surface area contributed by atoms with Crippen molar-refractivity contribution in [3.8, 4) is 0 Å². The van der Waals surface area contributed by atoms with Gasteiger partial charge < -0.3 is 9.15 Å². The summed E-state index contributed by atoms with van der Waals surface area (Å²) < 4.78 is 10.5. The number of carbonyl (C=O) groups excluding carboxylic acids is 1. The molecule has 0 N–H and O–H groups in total. The van der Waals surface area contributed by atoms with Gasteiger partial charge >= 0.3 is 5.97 Å². The van der Waals surface area contributed by atoms with Crippen LogP contribution < -0.4 is 0 Å². The molecule has 0 aliphatic carbocycles. The van der Waals surface area contributed by atoms with Crippen LogP contribution in [0.25, 0.3) is 0 Å². The number of hydrogen-bond acceptors (Lipinski definition) is 5. The molecule has 2 heterocycles. The number of esters is 1. The third-order valence-corrected chi connectivity index (χ3v) is 5.25. The molecule has 5 nitrogen and oxygen atoms in total. The Bertz CT molecular complexity index is 713. The fourth-order valence-electron chi connectivity index (χ4n) is 3.93. The third-order valence-electron chi connectivity index (χ3n) is 5.25. The third kappa shape index (κ3) is 5.21. The molecule has 0 unspecified atom stereocenters. The molecule has 1 fully saturated rings. The van der Waals surface area contributed by atoms with Gasteiger partial charge in [-0.25, -0.2) is 4.79 Å². The standard InChI is InChI=1S/C22H30N2O3/c1-3-12-24(17-21-20(11-14-27-21)22(25)26-2)19-10-7-13-23(16-19)15-18-8-5-4-6-9-18/h4-6,8-9,11,14,19H,3,7,10,12-13,15-17H2,1-2H3/t19-/m1/s1. The van der Waals surface area contributed by atoms with E-state index in [1.165, 1.54) is 25.5 Å². The van der Waals surface area contributed by atoms with E-state index >= 15 is 0 Å². The summed E-state index contributed by atoms with van der Waals surface area (Å²) in [4.78, 5) is 17.0. The van der Waals surface area contributed by atoms with Crippen LogP contribution in [0.15, 0.2) is 47.1 Å². The molecule has 3 rings (SSSR count). The van der Waals surface area contributed by atoms with Gasteiger partial charge in [0.05, 0.1) is 19.9 Å². The lowest BCUT2D eigenvalue weighted by Gasteiger charge is -2.39. The normalized spacial score (nSPS) is 18.0. The van der Waals surface area contributed by atoms with E-state index in [1.807, 2.05) is 0 Å². The van der Waals surface area contributed by atoms with Crippen LogP contribution >= 0.6 is 0 Å². The molecular weight excluding hydrogens is 340 g/mol. The largest absolute Gasteiger partial charge is 0.467 e. The number of furan rings is 1. The van der Waals surface area contributed by atoms with Gasteiger partial charge in [-0.3, -0.25) is 9.80 Å². The fraction of sp³-hybridized carbons (Fsp3) is 0.500. The molecule has 1 aromatic carbocycles. The van der Waals surface area contributed by atoms with Gasteiger partial charge in [0.25, 0.3) is 0 Å². The summed E-state index contributed by atoms with van der Waals surface area (Å²) in [5.41, 5.74) is 1.90. The molecule has 1 atom stereocenters. The second kappa shape index (κ2) is 9.72. The van der Waals surface area contributed by atoms with Crippen molar-refractivity contribution in [1.29, 1.82) is 0 Å². The summed E-state index contributed by atoms with van der Waals surface area (Å²) in [5, 5.41) is 0. The minimum Gasteiger partial charge on any atom is -0.467 e. The van der Waals surface area contributed by atoms with Crippen LogP contribution in [0, 0.1) is 0 Å². The number of rotatable bonds is 8. The molecule has 1 aliphatic rings. The van der Waals surface area contributed by atoms with Gasteiger partial charge in [0.15, 0.2) is 0 Å². The van der Waals surface area contributed by atoms with Crippen molar-refractivity contribution in [1.82, 2.24) is 9.80 Å². The number of piperidine rings is 1. The summed E-state index contributed by atoms with van der Waals surface area (Å²) in [6, 6.07) is 12.8. The van der Waals surface area contributed by atoms with E-state index < -0.39 is 0 Å². The Hall–Kier alpha value is -2.11. The van der Waals surface area contributed by atoms with Crippen LogP contribution in [-0.4, -0.2) is 48.6 Å². The second-order valence-electron chi connectivity index (χ2n) is 7.24. The molecule has 0 bridgehead atoms. The number of hydrogen-bond donors (Lipinski definition) is 0. The van der Waals surface area contributed by atoms with Crippen LogP contribution in [0.2, 0.25) is 0 Å². The molecule has 1 saturated heterocycles. The predicted molar refractivity (Wildman–Crippen MR) is 105 cm³/mol. The van der Waals surface area contributed by atoms with Gasteiger partial charge in [-0.2, -0.15) is 0 Å². The zero-order chi connectivity index (χ0) is 19.1. The second-order valence-corrected chi connectivity index (χ2v) is 7.24. The van der Waals surface area contributed by atoms with E-state index in [0.29, 0.717) is 23.9 Å². The van der Waals surface area contributed by atoms with Crippen molar-refractivity contribution in [2.24, 2.45) is 0 Å². The van der Waals surface area contributed by atoms with Crippen LogP contribution in [0.4, 0.5) is 0 Å². The quantitative estimate of drug-likeness (QED) is 0.659. The first-order chi connectivity index (χ1) is 13.2. The number of likely N-dealkylation sites (tertiary alicyclic amines) is 1. The van der Waals surface area contributed by atoms with Crippen LogP contribution in [0.3, 0.4) is 0 Å². The monoisotopic (exact) mass is 370 g/mol. The molecule has 0 spiro atoms. The van der Waals surface area contributed by atoms with Crippen molar-refractivity contribution < 1.29 is 13.9 Å². The molecule has 27 heavy (non-hydrogen) atoms. The first-order valence-corrected chi connectivity index (χ1v) is 9.86. The summed E-state index contributed by atoms with van der Waals surface area (Å²) in [5.74, 6) is 0.375. The maximum atomic E-state index is 12.0. The van der Waals surface area contributed by atoms with Gasteiger partial charge in [0.1, 0.15) is 11.3 Å². The highest BCUT2D eigenvalue weighted by molar-refractivity contribution is 5.90. The van der Waals surface area contributed by atoms with Gasteiger partial charge in [0, 0.05) is 19.1 Å². The summed E-state index contributed by atoms with van der Waals surface area (Å²) in [6.45, 7) is 7.01. The van der Waals surface area contributed by atoms with E-state index in [1.54, 1.807) is 12.3 Å². The van der Waals surface area contributed by atoms with Crippen molar-refractivity contribution in [3.63, 3.8) is 0 Å². The molecule has 5 heteroatoms. The van der Waals surface area contributed by atoms with Crippen LogP contribution in [0.1, 0.15) is 47.9 Å². The Kier molecular flexibility index (Phi) is 7.07. The number of methoxy groups -OCH3 is 1. The van der Waals surface area contributed by atoms with E-state index in [-0.39, 0.29) is 5.97 Å². The van der Waals surface area contributed by atoms with Crippen molar-refractivity contribution in [3.05, 3.63) is 59.5 Å². The highest BCUT2D eigenvalue weighted by atomic mass is 16.5. The Morgan fingerprint density at radius 2 is 2.11 bits per heavy atom. The van der Waals surface area contributed by atoms with E-state index in [0.717, 1.165) is 32.6 Å². The van der Waals surface area contributed by atoms with E-state index in [9.17, 15) is 4.79 Å². The van der Waals surface area contributed by atoms with Crippen molar-refractivity contribution >= 4 is 5.97 Å². The van der Waals surface area contributed by atoms with Crippen molar-refractivity contribution in [2.45, 2.75) is 45.3 Å². The molecular formula is C22H30N2O3. The lowest BCUT2D eigenvalue weighted by Crippen LogP contribution is -2.47. The Balaban J connectivity index is 1.67. The summed E-state index contributed by atoms with van der Waals surface area (Å²) in [6.07, 6.45) is 5.02. The molecule has 1 aromatic heterocycles. The van der Waals surface area contributed by atoms with Gasteiger partial charge in [-0.05, 0) is 44.0 Å². The first kappa shape index (κ1) is 19.6. The first-order valence-electron chi connectivity index (χ1n) is 9.86. The number of carbonyl (C=O) groups is 1. The number of ether oxygens (including phenoxy) is 1. The minimum absolute atomic E-state index is 0.329. The van der Waals surface area contributed by atoms with Gasteiger partial charge in [-0.1, -0.05) is 37.3 Å². The van der Waals surface area contributed by atoms with Crippen molar-refractivity contribution in [2.75, 3.05) is 26.7 Å². The summed E-state index contributed by atoms with van der Waals surface area (Å²) in [7, 11) is 1.41. The van der Waals surface area contributed by atoms with Crippen LogP contribution in [-0.2, 0) is 17.8 Å². The number of benzene rings is 1. The molecule has 2 aromatic rings. The Labute approximate surface area is 161 Å². The average Bonchev–Trinajstić information content (AvgIpc) is 3.16. The maximum Gasteiger partial charge on any atom is 0.341 e.